The van der Waals surface area contributed by atoms with Gasteiger partial charge in [0.05, 0.1) is 44.1 Å². The van der Waals surface area contributed by atoms with Gasteiger partial charge >= 0.3 is 12.4 Å². The van der Waals surface area contributed by atoms with Crippen LogP contribution in [0.1, 0.15) is 39.0 Å². The molecule has 45 heavy (non-hydrogen) atoms. The number of hydrogen-bond donors (Lipinski definition) is 1. The molecule has 1 aliphatic heterocycles. The first-order valence-electron chi connectivity index (χ1n) is 12.6. The summed E-state index contributed by atoms with van der Waals surface area (Å²) in [4.78, 5) is 24.4. The molecule has 1 unspecified atom stereocenters. The van der Waals surface area contributed by atoms with Gasteiger partial charge in [-0.2, -0.15) is 34.8 Å². The van der Waals surface area contributed by atoms with Crippen LogP contribution in [-0.2, 0) is 39.2 Å². The van der Waals surface area contributed by atoms with E-state index in [0.29, 0.717) is 12.1 Å². The molecule has 1 heterocycles. The quantitative estimate of drug-likeness (QED) is 0.120. The number of nitro benzene ring substituents is 1. The normalized spacial score (nSPS) is 17.8. The Morgan fingerprint density at radius 1 is 0.978 bits per heavy atom. The van der Waals surface area contributed by atoms with Gasteiger partial charge < -0.3 is 9.64 Å². The topological polar surface area (TPSA) is 127 Å². The van der Waals surface area contributed by atoms with Gasteiger partial charge in [0.25, 0.3) is 21.7 Å². The minimum absolute atomic E-state index is 0.0160. The van der Waals surface area contributed by atoms with Gasteiger partial charge in [-0.1, -0.05) is 29.3 Å². The van der Waals surface area contributed by atoms with E-state index in [0.717, 1.165) is 23.1 Å². The van der Waals surface area contributed by atoms with Crippen molar-refractivity contribution in [2.24, 2.45) is 0 Å². The standard InChI is InChI=1S/C27H20Cl2F6N2O7S/c28-21-3-1-17(13-22(21)29)25(6-5-15-11-20(37(39)40)2-4-23(15)45(41,42)43)14-36(7-8-44-25)24(38)16-9-18(26(30,31)32)12-19(10-16)27(33,34)35/h1-4,9-13H,5-8,14H2,(H,41,42,43). The molecular weight excluding hydrogens is 681 g/mol. The fourth-order valence-corrected chi connectivity index (χ4v) is 5.96. The monoisotopic (exact) mass is 700 g/mol. The number of halogens is 8. The maximum Gasteiger partial charge on any atom is 0.416 e. The maximum absolute atomic E-state index is 13.5. The van der Waals surface area contributed by atoms with E-state index in [9.17, 15) is 54.2 Å². The molecule has 1 aliphatic rings. The van der Waals surface area contributed by atoms with Crippen molar-refractivity contribution in [3.8, 4) is 0 Å². The Morgan fingerprint density at radius 3 is 2.13 bits per heavy atom. The third-order valence-electron chi connectivity index (χ3n) is 7.08. The molecule has 18 heteroatoms. The second-order valence-corrected chi connectivity index (χ2v) is 12.2. The minimum atomic E-state index is -5.20. The van der Waals surface area contributed by atoms with Crippen LogP contribution in [-0.4, -0.2) is 48.4 Å². The van der Waals surface area contributed by atoms with Crippen LogP contribution in [0.2, 0.25) is 10.0 Å². The summed E-state index contributed by atoms with van der Waals surface area (Å²) in [5.41, 5.74) is -6.36. The number of alkyl halides is 6. The van der Waals surface area contributed by atoms with Crippen molar-refractivity contribution < 1.29 is 53.8 Å². The SMILES string of the molecule is O=C(c1cc(C(F)(F)F)cc(C(F)(F)F)c1)N1CCOC(CCc2cc([N+](=O)[O-])ccc2S(=O)(=O)O)(c2ccc(Cl)c(Cl)c2)C1. The lowest BCUT2D eigenvalue weighted by atomic mass is 9.85. The van der Waals surface area contributed by atoms with Crippen molar-refractivity contribution >= 4 is 44.9 Å². The molecule has 0 spiro atoms. The fraction of sp³-hybridized carbons (Fsp3) is 0.296. The van der Waals surface area contributed by atoms with Crippen LogP contribution in [0.3, 0.4) is 0 Å². The molecule has 3 aromatic rings. The van der Waals surface area contributed by atoms with E-state index in [1.54, 1.807) is 0 Å². The molecule has 0 saturated carbocycles. The molecule has 0 radical (unpaired) electrons. The number of nitro groups is 1. The number of carbonyl (C=O) groups is 1. The highest BCUT2D eigenvalue weighted by Gasteiger charge is 2.42. The number of carbonyl (C=O) groups excluding carboxylic acids is 1. The number of aryl methyl sites for hydroxylation is 1. The number of amides is 1. The van der Waals surface area contributed by atoms with Crippen molar-refractivity contribution in [3.05, 3.63) is 103 Å². The maximum atomic E-state index is 13.5. The number of non-ortho nitro benzene ring substituents is 1. The number of rotatable bonds is 7. The second-order valence-electron chi connectivity index (χ2n) is 10.0. The summed E-state index contributed by atoms with van der Waals surface area (Å²) in [6, 6.07) is 7.25. The summed E-state index contributed by atoms with van der Waals surface area (Å²) in [5.74, 6) is -1.19. The Morgan fingerprint density at radius 2 is 1.60 bits per heavy atom. The molecule has 9 nitrogen and oxygen atoms in total. The highest BCUT2D eigenvalue weighted by atomic mass is 35.5. The molecule has 0 bridgehead atoms. The summed E-state index contributed by atoms with van der Waals surface area (Å²) in [6.07, 6.45) is -11.0. The van der Waals surface area contributed by atoms with Crippen LogP contribution >= 0.6 is 23.2 Å². The second kappa shape index (κ2) is 12.4. The largest absolute Gasteiger partial charge is 0.416 e. The van der Waals surface area contributed by atoms with Crippen molar-refractivity contribution in [2.75, 3.05) is 19.7 Å². The number of nitrogens with zero attached hydrogens (tertiary/aromatic N) is 2. The van der Waals surface area contributed by atoms with Gasteiger partial charge in [0.1, 0.15) is 5.60 Å². The van der Waals surface area contributed by atoms with Gasteiger partial charge in [0.15, 0.2) is 0 Å². The predicted octanol–water partition coefficient (Wildman–Crippen LogP) is 7.19. The Balaban J connectivity index is 1.79. The van der Waals surface area contributed by atoms with Gasteiger partial charge in [0, 0.05) is 24.2 Å². The van der Waals surface area contributed by atoms with Gasteiger partial charge in [0.2, 0.25) is 0 Å². The van der Waals surface area contributed by atoms with E-state index in [2.05, 4.69) is 0 Å². The Hall–Kier alpha value is -3.44. The van der Waals surface area contributed by atoms with Crippen molar-refractivity contribution in [1.29, 1.82) is 0 Å². The molecule has 1 amide bonds. The van der Waals surface area contributed by atoms with Crippen LogP contribution in [0, 0.1) is 10.1 Å². The third-order valence-corrected chi connectivity index (χ3v) is 8.78. The summed E-state index contributed by atoms with van der Waals surface area (Å²) in [5, 5.41) is 11.5. The van der Waals surface area contributed by atoms with E-state index in [1.807, 2.05) is 0 Å². The third kappa shape index (κ3) is 7.69. The summed E-state index contributed by atoms with van der Waals surface area (Å²) in [7, 11) is -4.87. The van der Waals surface area contributed by atoms with Crippen LogP contribution in [0.4, 0.5) is 32.0 Å². The van der Waals surface area contributed by atoms with Crippen molar-refractivity contribution in [3.63, 3.8) is 0 Å². The molecule has 1 atom stereocenters. The van der Waals surface area contributed by atoms with Gasteiger partial charge in [-0.25, -0.2) is 0 Å². The molecule has 1 N–H and O–H groups in total. The van der Waals surface area contributed by atoms with E-state index in [-0.39, 0.29) is 53.2 Å². The predicted molar refractivity (Wildman–Crippen MR) is 148 cm³/mol. The number of ether oxygens (including phenoxy) is 1. The zero-order valence-corrected chi connectivity index (χ0v) is 24.8. The van der Waals surface area contributed by atoms with Crippen LogP contribution in [0.5, 0.6) is 0 Å². The highest BCUT2D eigenvalue weighted by Crippen LogP contribution is 2.40. The molecule has 4 rings (SSSR count). The van der Waals surface area contributed by atoms with E-state index < -0.39 is 72.7 Å². The Kier molecular flexibility index (Phi) is 9.49. The van der Waals surface area contributed by atoms with E-state index in [1.165, 1.54) is 18.2 Å². The van der Waals surface area contributed by atoms with Crippen molar-refractivity contribution in [2.45, 2.75) is 35.7 Å². The fourth-order valence-electron chi connectivity index (χ4n) is 4.93. The summed E-state index contributed by atoms with van der Waals surface area (Å²) in [6.45, 7) is -1.01. The number of morpholine rings is 1. The van der Waals surface area contributed by atoms with Gasteiger partial charge in [-0.15, -0.1) is 0 Å². The lowest BCUT2D eigenvalue weighted by Crippen LogP contribution is -2.52. The van der Waals surface area contributed by atoms with Crippen LogP contribution in [0.15, 0.2) is 59.5 Å². The summed E-state index contributed by atoms with van der Waals surface area (Å²) >= 11 is 12.2. The molecular formula is C27H20Cl2F6N2O7S. The van der Waals surface area contributed by atoms with Crippen molar-refractivity contribution in [1.82, 2.24) is 4.90 Å². The molecule has 1 saturated heterocycles. The lowest BCUT2D eigenvalue weighted by molar-refractivity contribution is -0.385. The molecule has 1 fully saturated rings. The highest BCUT2D eigenvalue weighted by molar-refractivity contribution is 7.85. The number of benzene rings is 3. The first-order chi connectivity index (χ1) is 20.7. The molecule has 3 aromatic carbocycles. The van der Waals surface area contributed by atoms with E-state index >= 15 is 0 Å². The zero-order chi connectivity index (χ0) is 33.5. The Labute approximate surface area is 261 Å². The smallest absolute Gasteiger partial charge is 0.367 e. The lowest BCUT2D eigenvalue weighted by Gasteiger charge is -2.43. The van der Waals surface area contributed by atoms with Crippen LogP contribution in [0.25, 0.3) is 0 Å². The first-order valence-corrected chi connectivity index (χ1v) is 14.8. The van der Waals surface area contributed by atoms with Gasteiger partial charge in [-0.3, -0.25) is 19.5 Å². The minimum Gasteiger partial charge on any atom is -0.367 e. The number of hydrogen-bond acceptors (Lipinski definition) is 6. The Bertz CT molecular complexity index is 1740. The molecule has 0 aliphatic carbocycles. The van der Waals surface area contributed by atoms with Crippen LogP contribution < -0.4 is 0 Å². The molecule has 0 aromatic heterocycles. The first kappa shape index (κ1) is 34.4. The average Bonchev–Trinajstić information content (AvgIpc) is 2.95. The average molecular weight is 701 g/mol. The molecule has 242 valence electrons. The van der Waals surface area contributed by atoms with E-state index in [4.69, 9.17) is 27.9 Å². The van der Waals surface area contributed by atoms with Gasteiger partial charge in [-0.05, 0) is 60.4 Å². The zero-order valence-electron chi connectivity index (χ0n) is 22.5. The summed E-state index contributed by atoms with van der Waals surface area (Å²) < 4.78 is 121.